The van der Waals surface area contributed by atoms with Gasteiger partial charge in [-0.25, -0.2) is 0 Å². The molecule has 0 nitrogen and oxygen atoms in total. The Bertz CT molecular complexity index is 185. The zero-order chi connectivity index (χ0) is 12.5. The Morgan fingerprint density at radius 2 is 0.333 bits per heavy atom. The molecule has 1 saturated carbocycles. The van der Waals surface area contributed by atoms with E-state index in [2.05, 4.69) is 69.2 Å². The van der Waals surface area contributed by atoms with Crippen molar-refractivity contribution in [3.63, 3.8) is 0 Å². The van der Waals surface area contributed by atoms with Gasteiger partial charge in [0.25, 0.3) is 0 Å². The third-order valence-corrected chi connectivity index (χ3v) is 7.81. The molecule has 1 aliphatic carbocycles. The predicted octanol–water partition coefficient (Wildman–Crippen LogP) is 5.13. The average molecular weight is 210 g/mol. The molecule has 0 amide bonds. The maximum atomic E-state index is 2.45. The number of hydrogen-bond acceptors (Lipinski definition) is 0. The predicted molar refractivity (Wildman–Crippen MR) is 68.9 cm³/mol. The molecule has 0 aromatic carbocycles. The Kier molecular flexibility index (Phi) is 2.29. The van der Waals surface area contributed by atoms with Crippen molar-refractivity contribution in [2.75, 3.05) is 0 Å². The smallest absolute Gasteiger partial charge is 0.0241 e. The van der Waals surface area contributed by atoms with Gasteiger partial charge in [-0.1, -0.05) is 69.2 Å². The second-order valence-corrected chi connectivity index (χ2v) is 8.12. The van der Waals surface area contributed by atoms with Crippen molar-refractivity contribution in [1.29, 1.82) is 0 Å². The van der Waals surface area contributed by atoms with Crippen molar-refractivity contribution < 1.29 is 0 Å². The molecule has 1 rings (SSSR count). The first-order valence-corrected chi connectivity index (χ1v) is 6.25. The highest BCUT2D eigenvalue weighted by atomic mass is 14.8. The lowest BCUT2D eigenvalue weighted by Gasteiger charge is -2.47. The molecule has 0 saturated heterocycles. The zero-order valence-electron chi connectivity index (χ0n) is 12.5. The molecule has 0 aromatic rings. The summed E-state index contributed by atoms with van der Waals surface area (Å²) in [6.07, 6.45) is 0. The first kappa shape index (κ1) is 13.1. The van der Waals surface area contributed by atoms with Gasteiger partial charge in [-0.3, -0.25) is 0 Å². The lowest BCUT2D eigenvalue weighted by Crippen LogP contribution is -2.40. The van der Waals surface area contributed by atoms with Crippen molar-refractivity contribution in [2.45, 2.75) is 69.2 Å². The van der Waals surface area contributed by atoms with Crippen LogP contribution in [0.5, 0.6) is 0 Å². The summed E-state index contributed by atoms with van der Waals surface area (Å²) in [7, 11) is 0. The summed E-state index contributed by atoms with van der Waals surface area (Å²) in [5.41, 5.74) is 1.77. The van der Waals surface area contributed by atoms with Gasteiger partial charge in [-0.15, -0.1) is 0 Å². The molecule has 15 heavy (non-hydrogen) atoms. The lowest BCUT2D eigenvalue weighted by atomic mass is 9.57. The normalized spacial score (nSPS) is 34.0. The first-order valence-electron chi connectivity index (χ1n) is 6.25. The summed E-state index contributed by atoms with van der Waals surface area (Å²) in [4.78, 5) is 0. The van der Waals surface area contributed by atoms with Crippen LogP contribution in [0.2, 0.25) is 0 Å². The Hall–Kier alpha value is 0. The van der Waals surface area contributed by atoms with Crippen LogP contribution in [-0.4, -0.2) is 0 Å². The van der Waals surface area contributed by atoms with E-state index in [1.807, 2.05) is 0 Å². The molecular formula is C15H30. The second kappa shape index (κ2) is 2.63. The van der Waals surface area contributed by atoms with Gasteiger partial charge in [0.15, 0.2) is 0 Å². The minimum absolute atomic E-state index is 0.354. The van der Waals surface area contributed by atoms with Gasteiger partial charge in [-0.05, 0) is 27.1 Å². The van der Waals surface area contributed by atoms with E-state index < -0.39 is 0 Å². The zero-order valence-corrected chi connectivity index (χ0v) is 12.5. The van der Waals surface area contributed by atoms with Gasteiger partial charge in [0.05, 0.1) is 0 Å². The van der Waals surface area contributed by atoms with Crippen LogP contribution in [0.15, 0.2) is 0 Å². The molecule has 90 valence electrons. The van der Waals surface area contributed by atoms with Crippen LogP contribution in [0.4, 0.5) is 0 Å². The Labute approximate surface area is 96.8 Å². The first-order chi connectivity index (χ1) is 6.25. The summed E-state index contributed by atoms with van der Waals surface area (Å²) in [6.45, 7) is 24.5. The molecule has 1 aliphatic rings. The summed E-state index contributed by atoms with van der Waals surface area (Å²) in [5.74, 6) is 0. The minimum Gasteiger partial charge on any atom is -0.0588 e. The third-order valence-electron chi connectivity index (χ3n) is 7.81. The van der Waals surface area contributed by atoms with E-state index in [0.29, 0.717) is 27.1 Å². The van der Waals surface area contributed by atoms with Crippen LogP contribution in [0.3, 0.4) is 0 Å². The molecule has 0 aliphatic heterocycles. The summed E-state index contributed by atoms with van der Waals surface area (Å²) in [5, 5.41) is 0. The monoisotopic (exact) mass is 210 g/mol. The summed E-state index contributed by atoms with van der Waals surface area (Å²) in [6, 6.07) is 0. The largest absolute Gasteiger partial charge is 0.0588 e. The standard InChI is InChI=1S/C15H30/c1-11(2)12(3,4)14(7,8)15(9,10)13(11,5)6/h1-10H3. The Balaban J connectivity index is 3.55. The lowest BCUT2D eigenvalue weighted by molar-refractivity contribution is 0.0135. The molecular weight excluding hydrogens is 180 g/mol. The van der Waals surface area contributed by atoms with E-state index >= 15 is 0 Å². The molecule has 1 fully saturated rings. The average Bonchev–Trinajstić information content (AvgIpc) is 2.04. The molecule has 0 N–H and O–H groups in total. The van der Waals surface area contributed by atoms with E-state index in [4.69, 9.17) is 0 Å². The highest BCUT2D eigenvalue weighted by molar-refractivity contribution is 5.19. The van der Waals surface area contributed by atoms with Crippen LogP contribution in [0.1, 0.15) is 69.2 Å². The fraction of sp³-hybridized carbons (Fsp3) is 1.00. The molecule has 0 spiro atoms. The maximum absolute atomic E-state index is 2.45. The molecule has 0 atom stereocenters. The molecule has 0 bridgehead atoms. The van der Waals surface area contributed by atoms with E-state index in [1.54, 1.807) is 0 Å². The highest BCUT2D eigenvalue weighted by Gasteiger charge is 2.71. The third kappa shape index (κ3) is 0.996. The molecule has 0 heteroatoms. The highest BCUT2D eigenvalue weighted by Crippen LogP contribution is 2.77. The van der Waals surface area contributed by atoms with Gasteiger partial charge in [0.1, 0.15) is 0 Å². The van der Waals surface area contributed by atoms with Gasteiger partial charge in [0, 0.05) is 0 Å². The fourth-order valence-corrected chi connectivity index (χ4v) is 3.91. The summed E-state index contributed by atoms with van der Waals surface area (Å²) >= 11 is 0. The van der Waals surface area contributed by atoms with E-state index in [-0.39, 0.29) is 0 Å². The van der Waals surface area contributed by atoms with E-state index in [9.17, 15) is 0 Å². The van der Waals surface area contributed by atoms with Crippen LogP contribution >= 0.6 is 0 Å². The minimum atomic E-state index is 0.354. The number of rotatable bonds is 0. The van der Waals surface area contributed by atoms with E-state index in [0.717, 1.165) is 0 Å². The molecule has 0 heterocycles. The quantitative estimate of drug-likeness (QED) is 0.520. The van der Waals surface area contributed by atoms with Crippen LogP contribution in [0.25, 0.3) is 0 Å². The molecule has 0 radical (unpaired) electrons. The Morgan fingerprint density at radius 1 is 0.267 bits per heavy atom. The van der Waals surface area contributed by atoms with Crippen molar-refractivity contribution >= 4 is 0 Å². The van der Waals surface area contributed by atoms with Crippen molar-refractivity contribution in [1.82, 2.24) is 0 Å². The van der Waals surface area contributed by atoms with Gasteiger partial charge >= 0.3 is 0 Å². The van der Waals surface area contributed by atoms with Gasteiger partial charge in [0.2, 0.25) is 0 Å². The van der Waals surface area contributed by atoms with Crippen LogP contribution < -0.4 is 0 Å². The molecule has 0 aromatic heterocycles. The van der Waals surface area contributed by atoms with Gasteiger partial charge < -0.3 is 0 Å². The van der Waals surface area contributed by atoms with Crippen molar-refractivity contribution in [3.05, 3.63) is 0 Å². The molecule has 0 unspecified atom stereocenters. The van der Waals surface area contributed by atoms with Crippen molar-refractivity contribution in [2.24, 2.45) is 27.1 Å². The Morgan fingerprint density at radius 3 is 0.400 bits per heavy atom. The van der Waals surface area contributed by atoms with Gasteiger partial charge in [-0.2, -0.15) is 0 Å². The SMILES string of the molecule is CC1(C)C(C)(C)C(C)(C)C(C)(C)C1(C)C. The van der Waals surface area contributed by atoms with Crippen LogP contribution in [0, 0.1) is 27.1 Å². The van der Waals surface area contributed by atoms with Crippen LogP contribution in [-0.2, 0) is 0 Å². The number of hydrogen-bond donors (Lipinski definition) is 0. The summed E-state index contributed by atoms with van der Waals surface area (Å²) < 4.78 is 0. The van der Waals surface area contributed by atoms with Crippen molar-refractivity contribution in [3.8, 4) is 0 Å². The second-order valence-electron chi connectivity index (χ2n) is 8.12. The maximum Gasteiger partial charge on any atom is -0.0241 e. The van der Waals surface area contributed by atoms with E-state index in [1.165, 1.54) is 0 Å². The topological polar surface area (TPSA) is 0 Å². The fourth-order valence-electron chi connectivity index (χ4n) is 3.91.